The second kappa shape index (κ2) is 6.42. The van der Waals surface area contributed by atoms with Crippen molar-refractivity contribution in [3.8, 4) is 0 Å². The molecule has 0 aromatic rings. The lowest BCUT2D eigenvalue weighted by Gasteiger charge is -2.30. The molecule has 1 rings (SSSR count). The summed E-state index contributed by atoms with van der Waals surface area (Å²) >= 11 is 0. The lowest BCUT2D eigenvalue weighted by atomic mass is 9.77. The lowest BCUT2D eigenvalue weighted by Crippen LogP contribution is -2.26. The molecule has 0 bridgehead atoms. The van der Waals surface area contributed by atoms with Crippen molar-refractivity contribution in [2.24, 2.45) is 17.6 Å². The van der Waals surface area contributed by atoms with E-state index in [1.807, 2.05) is 0 Å². The van der Waals surface area contributed by atoms with Crippen LogP contribution in [0.1, 0.15) is 58.3 Å². The second-order valence-electron chi connectivity index (χ2n) is 4.54. The Morgan fingerprint density at radius 3 is 2.38 bits per heavy atom. The Morgan fingerprint density at radius 2 is 1.77 bits per heavy atom. The standard InChI is InChI=1S/C12H25N/c1-2-3-4-7-11-8-5-6-9-12(11)10-13/h11-12H,2-10,13H2,1H3. The molecule has 0 aromatic carbocycles. The number of hydrogen-bond donors (Lipinski definition) is 1. The third-order valence-corrected chi connectivity index (χ3v) is 3.55. The van der Waals surface area contributed by atoms with Crippen LogP contribution in [-0.2, 0) is 0 Å². The third-order valence-electron chi connectivity index (χ3n) is 3.55. The van der Waals surface area contributed by atoms with Crippen molar-refractivity contribution in [2.75, 3.05) is 6.54 Å². The summed E-state index contributed by atoms with van der Waals surface area (Å²) in [6.07, 6.45) is 11.3. The molecule has 1 aliphatic rings. The summed E-state index contributed by atoms with van der Waals surface area (Å²) < 4.78 is 0. The Kier molecular flexibility index (Phi) is 5.45. The molecule has 0 heterocycles. The molecule has 1 fully saturated rings. The van der Waals surface area contributed by atoms with Crippen LogP contribution < -0.4 is 5.73 Å². The summed E-state index contributed by atoms with van der Waals surface area (Å²) in [5.74, 6) is 1.82. The van der Waals surface area contributed by atoms with Crippen LogP contribution in [-0.4, -0.2) is 6.54 Å². The van der Waals surface area contributed by atoms with E-state index in [0.29, 0.717) is 0 Å². The van der Waals surface area contributed by atoms with E-state index < -0.39 is 0 Å². The van der Waals surface area contributed by atoms with Gasteiger partial charge in [0.05, 0.1) is 0 Å². The van der Waals surface area contributed by atoms with Gasteiger partial charge in [-0.3, -0.25) is 0 Å². The van der Waals surface area contributed by atoms with Crippen molar-refractivity contribution >= 4 is 0 Å². The van der Waals surface area contributed by atoms with E-state index in [1.54, 1.807) is 0 Å². The van der Waals surface area contributed by atoms with E-state index in [0.717, 1.165) is 18.4 Å². The fraction of sp³-hybridized carbons (Fsp3) is 1.00. The van der Waals surface area contributed by atoms with E-state index in [-0.39, 0.29) is 0 Å². The van der Waals surface area contributed by atoms with Gasteiger partial charge in [0.2, 0.25) is 0 Å². The van der Waals surface area contributed by atoms with Crippen molar-refractivity contribution < 1.29 is 0 Å². The monoisotopic (exact) mass is 183 g/mol. The van der Waals surface area contributed by atoms with E-state index in [1.165, 1.54) is 51.4 Å². The molecule has 0 saturated heterocycles. The Morgan fingerprint density at radius 1 is 1.08 bits per heavy atom. The van der Waals surface area contributed by atoms with Gasteiger partial charge in [-0.15, -0.1) is 0 Å². The highest BCUT2D eigenvalue weighted by Crippen LogP contribution is 2.32. The van der Waals surface area contributed by atoms with Gasteiger partial charge >= 0.3 is 0 Å². The highest BCUT2D eigenvalue weighted by atomic mass is 14.6. The molecule has 2 atom stereocenters. The van der Waals surface area contributed by atoms with Gasteiger partial charge in [-0.1, -0.05) is 51.9 Å². The van der Waals surface area contributed by atoms with E-state index in [2.05, 4.69) is 6.92 Å². The largest absolute Gasteiger partial charge is 0.330 e. The van der Waals surface area contributed by atoms with Crippen molar-refractivity contribution in [2.45, 2.75) is 58.3 Å². The van der Waals surface area contributed by atoms with Crippen molar-refractivity contribution in [1.82, 2.24) is 0 Å². The summed E-state index contributed by atoms with van der Waals surface area (Å²) in [7, 11) is 0. The Balaban J connectivity index is 2.19. The lowest BCUT2D eigenvalue weighted by molar-refractivity contribution is 0.225. The number of hydrogen-bond acceptors (Lipinski definition) is 1. The molecule has 0 amide bonds. The third kappa shape index (κ3) is 3.68. The van der Waals surface area contributed by atoms with E-state index in [9.17, 15) is 0 Å². The van der Waals surface area contributed by atoms with Crippen LogP contribution in [0.5, 0.6) is 0 Å². The zero-order chi connectivity index (χ0) is 9.52. The van der Waals surface area contributed by atoms with Crippen LogP contribution in [0.15, 0.2) is 0 Å². The Hall–Kier alpha value is -0.0400. The van der Waals surface area contributed by atoms with Gasteiger partial charge in [0.1, 0.15) is 0 Å². The maximum atomic E-state index is 5.80. The van der Waals surface area contributed by atoms with Crippen LogP contribution in [0.2, 0.25) is 0 Å². The minimum Gasteiger partial charge on any atom is -0.330 e. The molecular weight excluding hydrogens is 158 g/mol. The molecule has 1 saturated carbocycles. The zero-order valence-electron chi connectivity index (χ0n) is 9.10. The molecule has 78 valence electrons. The van der Waals surface area contributed by atoms with Gasteiger partial charge in [0.25, 0.3) is 0 Å². The van der Waals surface area contributed by atoms with Crippen LogP contribution >= 0.6 is 0 Å². The molecule has 1 aliphatic carbocycles. The topological polar surface area (TPSA) is 26.0 Å². The highest BCUT2D eigenvalue weighted by Gasteiger charge is 2.22. The first-order valence-electron chi connectivity index (χ1n) is 6.08. The smallest absolute Gasteiger partial charge is 0.00462 e. The average molecular weight is 183 g/mol. The fourth-order valence-electron chi connectivity index (χ4n) is 2.63. The Bertz CT molecular complexity index is 122. The maximum absolute atomic E-state index is 5.80. The number of nitrogens with two attached hydrogens (primary N) is 1. The van der Waals surface area contributed by atoms with Gasteiger partial charge < -0.3 is 5.73 Å². The molecule has 0 radical (unpaired) electrons. The summed E-state index contributed by atoms with van der Waals surface area (Å²) in [5.41, 5.74) is 5.80. The summed E-state index contributed by atoms with van der Waals surface area (Å²) in [6.45, 7) is 3.21. The molecule has 2 N–H and O–H groups in total. The molecule has 2 unspecified atom stereocenters. The second-order valence-corrected chi connectivity index (χ2v) is 4.54. The molecule has 1 heteroatoms. The molecule has 1 nitrogen and oxygen atoms in total. The molecule has 0 aliphatic heterocycles. The average Bonchev–Trinajstić information content (AvgIpc) is 2.19. The minimum atomic E-state index is 0.852. The van der Waals surface area contributed by atoms with Crippen LogP contribution in [0.4, 0.5) is 0 Å². The van der Waals surface area contributed by atoms with Crippen LogP contribution in [0.25, 0.3) is 0 Å². The van der Waals surface area contributed by atoms with Gasteiger partial charge in [0, 0.05) is 0 Å². The van der Waals surface area contributed by atoms with Gasteiger partial charge in [-0.05, 0) is 24.8 Å². The van der Waals surface area contributed by atoms with Crippen LogP contribution in [0, 0.1) is 11.8 Å². The first-order chi connectivity index (χ1) is 6.38. The number of unbranched alkanes of at least 4 members (excludes halogenated alkanes) is 2. The number of rotatable bonds is 5. The van der Waals surface area contributed by atoms with Crippen molar-refractivity contribution in [3.05, 3.63) is 0 Å². The van der Waals surface area contributed by atoms with Crippen molar-refractivity contribution in [3.63, 3.8) is 0 Å². The summed E-state index contributed by atoms with van der Waals surface area (Å²) in [6, 6.07) is 0. The molecule has 13 heavy (non-hydrogen) atoms. The molecule has 0 aromatic heterocycles. The molecular formula is C12H25N. The van der Waals surface area contributed by atoms with Gasteiger partial charge in [0.15, 0.2) is 0 Å². The SMILES string of the molecule is CCCCCC1CCCCC1CN. The predicted molar refractivity (Wildman–Crippen MR) is 58.6 cm³/mol. The highest BCUT2D eigenvalue weighted by molar-refractivity contribution is 4.75. The van der Waals surface area contributed by atoms with Gasteiger partial charge in [-0.25, -0.2) is 0 Å². The summed E-state index contributed by atoms with van der Waals surface area (Å²) in [5, 5.41) is 0. The first kappa shape index (κ1) is 11.0. The van der Waals surface area contributed by atoms with Crippen LogP contribution in [0.3, 0.4) is 0 Å². The first-order valence-corrected chi connectivity index (χ1v) is 6.08. The van der Waals surface area contributed by atoms with E-state index in [4.69, 9.17) is 5.73 Å². The van der Waals surface area contributed by atoms with Crippen molar-refractivity contribution in [1.29, 1.82) is 0 Å². The molecule has 0 spiro atoms. The Labute approximate surface area is 83.1 Å². The fourth-order valence-corrected chi connectivity index (χ4v) is 2.63. The minimum absolute atomic E-state index is 0.852. The predicted octanol–water partition coefficient (Wildman–Crippen LogP) is 3.33. The van der Waals surface area contributed by atoms with Gasteiger partial charge in [-0.2, -0.15) is 0 Å². The quantitative estimate of drug-likeness (QED) is 0.650. The normalized spacial score (nSPS) is 29.1. The summed E-state index contributed by atoms with van der Waals surface area (Å²) in [4.78, 5) is 0. The van der Waals surface area contributed by atoms with E-state index >= 15 is 0 Å². The maximum Gasteiger partial charge on any atom is -0.00462 e. The zero-order valence-corrected chi connectivity index (χ0v) is 9.10.